The Balaban J connectivity index is 2.03. The van der Waals surface area contributed by atoms with Crippen molar-refractivity contribution in [3.05, 3.63) is 18.2 Å². The number of hydrogen-bond acceptors (Lipinski definition) is 5. The first-order chi connectivity index (χ1) is 9.58. The maximum Gasteiger partial charge on any atom is 0.138 e. The fraction of sp³-hybridized carbons (Fsp3) is 0.533. The lowest BCUT2D eigenvalue weighted by molar-refractivity contribution is 0.230. The van der Waals surface area contributed by atoms with Gasteiger partial charge in [-0.15, -0.1) is 0 Å². The van der Waals surface area contributed by atoms with Crippen molar-refractivity contribution in [2.45, 2.75) is 31.3 Å². The van der Waals surface area contributed by atoms with Gasteiger partial charge in [-0.25, -0.2) is 0 Å². The Morgan fingerprint density at radius 2 is 1.75 bits per heavy atom. The van der Waals surface area contributed by atoms with Gasteiger partial charge in [0, 0.05) is 24.2 Å². The van der Waals surface area contributed by atoms with Gasteiger partial charge in [0.15, 0.2) is 0 Å². The highest BCUT2D eigenvalue weighted by molar-refractivity contribution is 5.42. The molecule has 0 heterocycles. The lowest BCUT2D eigenvalue weighted by atomic mass is 10.1. The fourth-order valence-electron chi connectivity index (χ4n) is 1.88. The zero-order chi connectivity index (χ0) is 14.6. The van der Waals surface area contributed by atoms with E-state index in [9.17, 15) is 5.26 Å². The minimum atomic E-state index is -0.683. The molecule has 1 aromatic rings. The summed E-state index contributed by atoms with van der Waals surface area (Å²) in [4.78, 5) is 0. The summed E-state index contributed by atoms with van der Waals surface area (Å²) < 4.78 is 16.1. The smallest absolute Gasteiger partial charge is 0.138 e. The monoisotopic (exact) mass is 276 g/mol. The first-order valence-corrected chi connectivity index (χ1v) is 6.63. The average molecular weight is 276 g/mol. The van der Waals surface area contributed by atoms with Crippen LogP contribution in [0.1, 0.15) is 19.8 Å². The molecule has 0 aliphatic heterocycles. The second kappa shape index (κ2) is 6.02. The molecule has 1 unspecified atom stereocenters. The summed E-state index contributed by atoms with van der Waals surface area (Å²) >= 11 is 0. The van der Waals surface area contributed by atoms with Crippen molar-refractivity contribution in [2.24, 2.45) is 0 Å². The molecule has 5 heteroatoms. The van der Waals surface area contributed by atoms with Crippen molar-refractivity contribution in [3.63, 3.8) is 0 Å². The number of nitrogens with zero attached hydrogens (tertiary/aromatic N) is 1. The van der Waals surface area contributed by atoms with E-state index in [4.69, 9.17) is 14.2 Å². The molecular weight excluding hydrogens is 256 g/mol. The third kappa shape index (κ3) is 3.78. The molecule has 2 rings (SSSR count). The zero-order valence-corrected chi connectivity index (χ0v) is 12.1. The molecule has 0 bridgehead atoms. The van der Waals surface area contributed by atoms with Gasteiger partial charge in [-0.05, 0) is 19.8 Å². The van der Waals surface area contributed by atoms with Crippen LogP contribution in [0.3, 0.4) is 0 Å². The topological polar surface area (TPSA) is 63.5 Å². The first kappa shape index (κ1) is 14.5. The van der Waals surface area contributed by atoms with Gasteiger partial charge in [0.1, 0.15) is 29.4 Å². The van der Waals surface area contributed by atoms with Crippen molar-refractivity contribution in [1.29, 1.82) is 5.26 Å². The average Bonchev–Trinajstić information content (AvgIpc) is 3.28. The van der Waals surface area contributed by atoms with Crippen molar-refractivity contribution < 1.29 is 14.2 Å². The van der Waals surface area contributed by atoms with Crippen LogP contribution in [-0.2, 0) is 0 Å². The second-order valence-corrected chi connectivity index (χ2v) is 5.20. The third-order valence-electron chi connectivity index (χ3n) is 3.20. The first-order valence-electron chi connectivity index (χ1n) is 6.63. The lowest BCUT2D eigenvalue weighted by Gasteiger charge is -2.23. The zero-order valence-electron chi connectivity index (χ0n) is 12.1. The van der Waals surface area contributed by atoms with Crippen LogP contribution in [-0.4, -0.2) is 32.4 Å². The largest absolute Gasteiger partial charge is 0.496 e. The highest BCUT2D eigenvalue weighted by Crippen LogP contribution is 2.28. The van der Waals surface area contributed by atoms with Crippen molar-refractivity contribution in [2.75, 3.05) is 20.8 Å². The predicted octanol–water partition coefficient (Wildman–Crippen LogP) is 2.12. The fourth-order valence-corrected chi connectivity index (χ4v) is 1.88. The summed E-state index contributed by atoms with van der Waals surface area (Å²) in [7, 11) is 3.18. The maximum absolute atomic E-state index is 9.30. The number of benzene rings is 1. The molecule has 0 saturated heterocycles. The summed E-state index contributed by atoms with van der Waals surface area (Å²) in [5.41, 5.74) is -0.683. The molecule has 1 N–H and O–H groups in total. The van der Waals surface area contributed by atoms with Crippen LogP contribution in [0.5, 0.6) is 17.2 Å². The lowest BCUT2D eigenvalue weighted by Crippen LogP contribution is -2.47. The highest BCUT2D eigenvalue weighted by Gasteiger charge is 2.33. The highest BCUT2D eigenvalue weighted by atomic mass is 16.5. The molecule has 108 valence electrons. The molecule has 1 aliphatic rings. The molecular formula is C15H20N2O3. The van der Waals surface area contributed by atoms with E-state index in [2.05, 4.69) is 11.4 Å². The van der Waals surface area contributed by atoms with Crippen LogP contribution in [0.2, 0.25) is 0 Å². The normalized spacial score (nSPS) is 16.9. The number of ether oxygens (including phenoxy) is 3. The van der Waals surface area contributed by atoms with E-state index in [0.717, 1.165) is 12.8 Å². The summed E-state index contributed by atoms with van der Waals surface area (Å²) in [6.45, 7) is 2.12. The van der Waals surface area contributed by atoms with Crippen molar-refractivity contribution in [1.82, 2.24) is 5.32 Å². The second-order valence-electron chi connectivity index (χ2n) is 5.20. The summed E-state index contributed by atoms with van der Waals surface area (Å²) in [5, 5.41) is 12.6. The minimum Gasteiger partial charge on any atom is -0.496 e. The summed E-state index contributed by atoms with van der Waals surface area (Å²) in [6, 6.07) is 8.05. The van der Waals surface area contributed by atoms with Crippen LogP contribution >= 0.6 is 0 Å². The van der Waals surface area contributed by atoms with Gasteiger partial charge in [-0.2, -0.15) is 5.26 Å². The molecule has 1 atom stereocenters. The maximum atomic E-state index is 9.30. The number of rotatable bonds is 7. The van der Waals surface area contributed by atoms with E-state index >= 15 is 0 Å². The van der Waals surface area contributed by atoms with Crippen LogP contribution in [0.25, 0.3) is 0 Å². The Bertz CT molecular complexity index is 486. The molecule has 5 nitrogen and oxygen atoms in total. The predicted molar refractivity (Wildman–Crippen MR) is 75.2 cm³/mol. The molecule has 1 saturated carbocycles. The van der Waals surface area contributed by atoms with E-state index in [1.54, 1.807) is 32.4 Å². The van der Waals surface area contributed by atoms with Gasteiger partial charge >= 0.3 is 0 Å². The van der Waals surface area contributed by atoms with Gasteiger partial charge in [0.25, 0.3) is 0 Å². The van der Waals surface area contributed by atoms with Gasteiger partial charge in [0.2, 0.25) is 0 Å². The van der Waals surface area contributed by atoms with E-state index in [0.29, 0.717) is 23.3 Å². The van der Waals surface area contributed by atoms with Crippen LogP contribution < -0.4 is 19.5 Å². The van der Waals surface area contributed by atoms with E-state index in [1.807, 2.05) is 6.92 Å². The van der Waals surface area contributed by atoms with Gasteiger partial charge in [0.05, 0.1) is 20.3 Å². The third-order valence-corrected chi connectivity index (χ3v) is 3.20. The van der Waals surface area contributed by atoms with E-state index in [-0.39, 0.29) is 6.61 Å². The Kier molecular flexibility index (Phi) is 4.35. The van der Waals surface area contributed by atoms with Crippen LogP contribution in [0, 0.1) is 11.3 Å². The molecule has 0 spiro atoms. The summed E-state index contributed by atoms with van der Waals surface area (Å²) in [6.07, 6.45) is 2.26. The summed E-state index contributed by atoms with van der Waals surface area (Å²) in [5.74, 6) is 1.95. The number of nitriles is 1. The Hall–Kier alpha value is -1.93. The Labute approximate surface area is 119 Å². The van der Waals surface area contributed by atoms with Gasteiger partial charge in [-0.3, -0.25) is 5.32 Å². The quantitative estimate of drug-likeness (QED) is 0.826. The van der Waals surface area contributed by atoms with Crippen molar-refractivity contribution >= 4 is 0 Å². The number of nitrogens with one attached hydrogen (secondary N) is 1. The Morgan fingerprint density at radius 3 is 2.20 bits per heavy atom. The number of methoxy groups -OCH3 is 2. The van der Waals surface area contributed by atoms with Gasteiger partial charge in [-0.1, -0.05) is 0 Å². The van der Waals surface area contributed by atoms with Crippen LogP contribution in [0.15, 0.2) is 18.2 Å². The SMILES string of the molecule is COc1cc(OC)cc(OCC(C)(C#N)NC2CC2)c1. The van der Waals surface area contributed by atoms with Crippen LogP contribution in [0.4, 0.5) is 0 Å². The van der Waals surface area contributed by atoms with Crippen molar-refractivity contribution in [3.8, 4) is 23.3 Å². The molecule has 20 heavy (non-hydrogen) atoms. The standard InChI is InChI=1S/C15H20N2O3/c1-15(9-16,17-11-4-5-11)10-20-14-7-12(18-2)6-13(8-14)19-3/h6-8,11,17H,4-5,10H2,1-3H3. The Morgan fingerprint density at radius 1 is 1.20 bits per heavy atom. The number of hydrogen-bond donors (Lipinski definition) is 1. The van der Waals surface area contributed by atoms with Gasteiger partial charge < -0.3 is 14.2 Å². The molecule has 0 aromatic heterocycles. The molecule has 1 aromatic carbocycles. The molecule has 0 radical (unpaired) electrons. The minimum absolute atomic E-state index is 0.274. The molecule has 1 aliphatic carbocycles. The van der Waals surface area contributed by atoms with E-state index in [1.165, 1.54) is 0 Å². The van der Waals surface area contributed by atoms with E-state index < -0.39 is 5.54 Å². The molecule has 0 amide bonds. The molecule has 1 fully saturated rings.